The van der Waals surface area contributed by atoms with Gasteiger partial charge in [-0.05, 0) is 0 Å². The van der Waals surface area contributed by atoms with Gasteiger partial charge in [0.25, 0.3) is 0 Å². The van der Waals surface area contributed by atoms with E-state index >= 15 is 0 Å². The second-order valence-electron chi connectivity index (χ2n) is 0. The molecule has 0 unspecified atom stereocenters. The van der Waals surface area contributed by atoms with Crippen molar-refractivity contribution >= 4 is 10.1 Å². The van der Waals surface area contributed by atoms with Crippen molar-refractivity contribution in [2.45, 2.75) is 6.92 Å². The Morgan fingerprint density at radius 2 is 1.50 bits per heavy atom. The van der Waals surface area contributed by atoms with Crippen LogP contribution in [-0.2, 0) is 16.6 Å². The van der Waals surface area contributed by atoms with Gasteiger partial charge in [0.2, 0.25) is 0 Å². The van der Waals surface area contributed by atoms with Crippen LogP contribution in [0.1, 0.15) is 6.92 Å². The molecule has 0 aliphatic rings. The van der Waals surface area contributed by atoms with Gasteiger partial charge < -0.3 is 6.92 Å². The molecule has 0 saturated carbocycles. The first-order chi connectivity index (χ1) is 2.00. The van der Waals surface area contributed by atoms with Gasteiger partial charge in [0.05, 0.1) is 0 Å². The van der Waals surface area contributed by atoms with Crippen LogP contribution >= 0.6 is 10.1 Å². The van der Waals surface area contributed by atoms with Crippen LogP contribution < -0.4 is 0 Å². The maximum absolute atomic E-state index is 4.21. The molecule has 0 bridgehead atoms. The van der Waals surface area contributed by atoms with E-state index in [1.54, 1.807) is 6.92 Å². The molecule has 0 saturated heterocycles. The molecule has 0 aromatic carbocycles. The van der Waals surface area contributed by atoms with E-state index in [4.69, 9.17) is 0 Å². The summed E-state index contributed by atoms with van der Waals surface area (Å²) in [6, 6.07) is 0. The topological polar surface area (TPSA) is 0 Å². The molecule has 2 heteroatoms. The Morgan fingerprint density at radius 3 is 1.50 bits per heavy atom. The van der Waals surface area contributed by atoms with Crippen molar-refractivity contribution in [2.24, 2.45) is 0 Å². The molecule has 22 valence electrons. The summed E-state index contributed by atoms with van der Waals surface area (Å²) in [6.07, 6.45) is 0. The Morgan fingerprint density at radius 1 is 1.50 bits per heavy atom. The molecule has 0 heterocycles. The van der Waals surface area contributed by atoms with Crippen LogP contribution in [0.25, 0.3) is 0 Å². The van der Waals surface area contributed by atoms with Gasteiger partial charge in [-0.1, -0.05) is 0 Å². The summed E-state index contributed by atoms with van der Waals surface area (Å²) in [5.74, 6) is 0. The van der Waals surface area contributed by atoms with Crippen LogP contribution in [0.4, 0.5) is 0 Å². The molecule has 0 aliphatic carbocycles. The van der Waals surface area contributed by atoms with Crippen LogP contribution in [0.5, 0.6) is 0 Å². The minimum atomic E-state index is 0.958. The van der Waals surface area contributed by atoms with Crippen molar-refractivity contribution in [2.75, 3.05) is 0 Å². The number of hydrogen-bond donors (Lipinski definition) is 0. The third kappa shape index (κ3) is 13.6. The Balaban J connectivity index is 0. The van der Waals surface area contributed by atoms with Gasteiger partial charge in [0.15, 0.2) is 0 Å². The fourth-order valence-electron chi connectivity index (χ4n) is 0. The number of hydrogen-bond acceptors (Lipinski definition) is 1. The standard InChI is InChI=1S/C2H5.S.Zn/c1-2;;/h1H2,2H3;;/q-1;;. The van der Waals surface area contributed by atoms with Crippen LogP contribution in [-0.4, -0.2) is 0 Å². The fraction of sp³-hybridized carbons (Fsp3) is 0.500. The van der Waals surface area contributed by atoms with Crippen molar-refractivity contribution in [1.82, 2.24) is 0 Å². The van der Waals surface area contributed by atoms with Crippen molar-refractivity contribution in [3.63, 3.8) is 0 Å². The average Bonchev–Trinajstić information content (AvgIpc) is 1.50. The molecule has 0 N–H and O–H groups in total. The van der Waals surface area contributed by atoms with Crippen molar-refractivity contribution < 1.29 is 16.6 Å². The zero-order valence-electron chi connectivity index (χ0n) is 2.82. The van der Waals surface area contributed by atoms with E-state index in [0.717, 1.165) is 16.6 Å². The predicted molar refractivity (Wildman–Crippen MR) is 18.6 cm³/mol. The second-order valence-corrected chi connectivity index (χ2v) is 0. The molecule has 0 aromatic heterocycles. The third-order valence-corrected chi connectivity index (χ3v) is 0. The predicted octanol–water partition coefficient (Wildman–Crippen LogP) is 1.49. The molecule has 0 atom stereocenters. The SMILES string of the molecule is [CH2-]C.[S]=[Zn]. The van der Waals surface area contributed by atoms with Crippen molar-refractivity contribution in [1.29, 1.82) is 0 Å². The zero-order chi connectivity index (χ0) is 4.00. The first-order valence-corrected chi connectivity index (χ1v) is 5.21. The van der Waals surface area contributed by atoms with Gasteiger partial charge in [0.1, 0.15) is 0 Å². The zero-order valence-corrected chi connectivity index (χ0v) is 6.61. The van der Waals surface area contributed by atoms with Crippen LogP contribution in [0, 0.1) is 6.92 Å². The first-order valence-electron chi connectivity index (χ1n) is 0.996. The molecule has 0 radical (unpaired) electrons. The molecule has 0 spiro atoms. The molecule has 0 fully saturated rings. The summed E-state index contributed by atoms with van der Waals surface area (Å²) in [7, 11) is 4.21. The Hall–Kier alpha value is 0.843. The van der Waals surface area contributed by atoms with E-state index < -0.39 is 0 Å². The van der Waals surface area contributed by atoms with Gasteiger partial charge >= 0.3 is 26.7 Å². The molecular formula is C2H5SZn-. The normalized spacial score (nSPS) is 3.00. The van der Waals surface area contributed by atoms with Gasteiger partial charge in [-0.15, -0.1) is 0 Å². The quantitative estimate of drug-likeness (QED) is 0.350. The number of rotatable bonds is 0. The van der Waals surface area contributed by atoms with Gasteiger partial charge in [-0.25, -0.2) is 0 Å². The van der Waals surface area contributed by atoms with Crippen LogP contribution in [0.2, 0.25) is 0 Å². The first kappa shape index (κ1) is 8.85. The van der Waals surface area contributed by atoms with E-state index in [1.165, 1.54) is 0 Å². The van der Waals surface area contributed by atoms with Crippen molar-refractivity contribution in [3.05, 3.63) is 6.92 Å². The average molecular weight is 127 g/mol. The fourth-order valence-corrected chi connectivity index (χ4v) is 0. The van der Waals surface area contributed by atoms with Crippen LogP contribution in [0.15, 0.2) is 0 Å². The van der Waals surface area contributed by atoms with Crippen LogP contribution in [0.3, 0.4) is 0 Å². The van der Waals surface area contributed by atoms with E-state index in [0.29, 0.717) is 0 Å². The molecular weight excluding hydrogens is 121 g/mol. The van der Waals surface area contributed by atoms with Gasteiger partial charge in [-0.3, -0.25) is 0 Å². The van der Waals surface area contributed by atoms with E-state index in [-0.39, 0.29) is 0 Å². The Labute approximate surface area is 40.9 Å². The molecule has 0 rings (SSSR count). The minimum absolute atomic E-state index is 0.958. The van der Waals surface area contributed by atoms with Gasteiger partial charge in [0, 0.05) is 0 Å². The monoisotopic (exact) mass is 125 g/mol. The van der Waals surface area contributed by atoms with Gasteiger partial charge in [-0.2, -0.15) is 6.92 Å². The Bertz CT molecular complexity index is 6.00. The summed E-state index contributed by atoms with van der Waals surface area (Å²) >= 11 is 0.958. The van der Waals surface area contributed by atoms with E-state index in [2.05, 4.69) is 17.0 Å². The summed E-state index contributed by atoms with van der Waals surface area (Å²) < 4.78 is 0. The maximum atomic E-state index is 4.21. The summed E-state index contributed by atoms with van der Waals surface area (Å²) in [4.78, 5) is 0. The van der Waals surface area contributed by atoms with E-state index in [9.17, 15) is 0 Å². The summed E-state index contributed by atoms with van der Waals surface area (Å²) in [5.41, 5.74) is 0. The van der Waals surface area contributed by atoms with E-state index in [1.807, 2.05) is 0 Å². The second kappa shape index (κ2) is 43.7. The summed E-state index contributed by atoms with van der Waals surface area (Å²) in [6.45, 7) is 5.00. The molecule has 0 aromatic rings. The molecule has 4 heavy (non-hydrogen) atoms. The molecule has 0 nitrogen and oxygen atoms in total. The molecule has 0 aliphatic heterocycles. The Kier molecular flexibility index (Phi) is 96.6. The van der Waals surface area contributed by atoms with Crippen molar-refractivity contribution in [3.8, 4) is 0 Å². The molecule has 0 amide bonds. The third-order valence-electron chi connectivity index (χ3n) is 0. The summed E-state index contributed by atoms with van der Waals surface area (Å²) in [5, 5.41) is 0.